The standard InChI is InChI=1S/C20H19F3O3/c1-3-25-15-9-8-12(16(21)18(15)23)4-5-13-6-7-14-10-11(2)20(24)26-19(14)17(13)22/h6-9,11H,3-5,10H2,1-2H3. The number of carbonyl (C=O) groups excluding carboxylic acids is 1. The Morgan fingerprint density at radius 1 is 1.04 bits per heavy atom. The highest BCUT2D eigenvalue weighted by Crippen LogP contribution is 2.33. The first kappa shape index (κ1) is 18.3. The van der Waals surface area contributed by atoms with Crippen LogP contribution in [-0.2, 0) is 24.1 Å². The van der Waals surface area contributed by atoms with E-state index in [2.05, 4.69) is 0 Å². The Hall–Kier alpha value is -2.50. The molecule has 1 heterocycles. The minimum absolute atomic E-state index is 0.0519. The maximum atomic E-state index is 14.6. The van der Waals surface area contributed by atoms with E-state index in [1.165, 1.54) is 12.1 Å². The molecular weight excluding hydrogens is 345 g/mol. The Kier molecular flexibility index (Phi) is 5.20. The summed E-state index contributed by atoms with van der Waals surface area (Å²) < 4.78 is 52.8. The minimum atomic E-state index is -1.04. The summed E-state index contributed by atoms with van der Waals surface area (Å²) in [4.78, 5) is 11.7. The van der Waals surface area contributed by atoms with Gasteiger partial charge in [-0.25, -0.2) is 8.78 Å². The summed E-state index contributed by atoms with van der Waals surface area (Å²) in [5.41, 5.74) is 1.06. The van der Waals surface area contributed by atoms with Crippen LogP contribution in [-0.4, -0.2) is 12.6 Å². The molecule has 0 radical (unpaired) electrons. The average Bonchev–Trinajstić information content (AvgIpc) is 2.62. The molecule has 3 nitrogen and oxygen atoms in total. The van der Waals surface area contributed by atoms with Crippen molar-refractivity contribution in [3.63, 3.8) is 0 Å². The smallest absolute Gasteiger partial charge is 0.314 e. The van der Waals surface area contributed by atoms with Crippen LogP contribution in [0.5, 0.6) is 11.5 Å². The van der Waals surface area contributed by atoms with Gasteiger partial charge in [-0.3, -0.25) is 4.79 Å². The molecule has 0 amide bonds. The van der Waals surface area contributed by atoms with Crippen molar-refractivity contribution < 1.29 is 27.4 Å². The van der Waals surface area contributed by atoms with Gasteiger partial charge in [0.05, 0.1) is 12.5 Å². The van der Waals surface area contributed by atoms with Crippen LogP contribution in [0.15, 0.2) is 24.3 Å². The number of benzene rings is 2. The third-order valence-electron chi connectivity index (χ3n) is 4.48. The lowest BCUT2D eigenvalue weighted by molar-refractivity contribution is -0.139. The van der Waals surface area contributed by atoms with E-state index >= 15 is 0 Å². The van der Waals surface area contributed by atoms with Crippen molar-refractivity contribution in [1.29, 1.82) is 0 Å². The van der Waals surface area contributed by atoms with E-state index < -0.39 is 23.4 Å². The highest BCUT2D eigenvalue weighted by molar-refractivity contribution is 5.77. The Balaban J connectivity index is 1.80. The monoisotopic (exact) mass is 364 g/mol. The fourth-order valence-corrected chi connectivity index (χ4v) is 3.02. The number of rotatable bonds is 5. The van der Waals surface area contributed by atoms with Crippen molar-refractivity contribution in [2.45, 2.75) is 33.1 Å². The average molecular weight is 364 g/mol. The number of esters is 1. The predicted molar refractivity (Wildman–Crippen MR) is 89.8 cm³/mol. The maximum absolute atomic E-state index is 14.6. The highest BCUT2D eigenvalue weighted by atomic mass is 19.2. The van der Waals surface area contributed by atoms with E-state index in [0.29, 0.717) is 17.5 Å². The molecule has 0 fully saturated rings. The zero-order valence-corrected chi connectivity index (χ0v) is 14.6. The van der Waals surface area contributed by atoms with E-state index in [9.17, 15) is 18.0 Å². The lowest BCUT2D eigenvalue weighted by Crippen LogP contribution is -2.26. The molecule has 2 aromatic rings. The second-order valence-corrected chi connectivity index (χ2v) is 6.34. The number of fused-ring (bicyclic) bond motifs is 1. The van der Waals surface area contributed by atoms with Gasteiger partial charge in [-0.15, -0.1) is 0 Å². The molecule has 1 unspecified atom stereocenters. The Morgan fingerprint density at radius 2 is 1.69 bits per heavy atom. The molecule has 0 spiro atoms. The Morgan fingerprint density at radius 3 is 2.38 bits per heavy atom. The molecular formula is C20H19F3O3. The molecule has 26 heavy (non-hydrogen) atoms. The third kappa shape index (κ3) is 3.41. The summed E-state index contributed by atoms with van der Waals surface area (Å²) in [5.74, 6) is -3.62. The second-order valence-electron chi connectivity index (χ2n) is 6.34. The second kappa shape index (κ2) is 7.40. The van der Waals surface area contributed by atoms with Gasteiger partial charge in [-0.05, 0) is 48.9 Å². The summed E-state index contributed by atoms with van der Waals surface area (Å²) in [6.45, 7) is 3.63. The summed E-state index contributed by atoms with van der Waals surface area (Å²) >= 11 is 0. The molecule has 0 N–H and O–H groups in total. The van der Waals surface area contributed by atoms with Crippen molar-refractivity contribution in [3.8, 4) is 11.5 Å². The molecule has 1 aliphatic rings. The molecule has 6 heteroatoms. The SMILES string of the molecule is CCOc1ccc(CCc2ccc3c(c2F)OC(=O)C(C)C3)c(F)c1F. The molecule has 2 aromatic carbocycles. The Labute approximate surface area is 149 Å². The van der Waals surface area contributed by atoms with E-state index in [1.54, 1.807) is 26.0 Å². The van der Waals surface area contributed by atoms with Gasteiger partial charge in [0.25, 0.3) is 0 Å². The van der Waals surface area contributed by atoms with E-state index in [0.717, 1.165) is 0 Å². The van der Waals surface area contributed by atoms with Gasteiger partial charge in [-0.1, -0.05) is 25.1 Å². The first-order valence-corrected chi connectivity index (χ1v) is 8.54. The van der Waals surface area contributed by atoms with Gasteiger partial charge < -0.3 is 9.47 Å². The maximum Gasteiger partial charge on any atom is 0.314 e. The van der Waals surface area contributed by atoms with Crippen LogP contribution in [0, 0.1) is 23.4 Å². The van der Waals surface area contributed by atoms with Crippen molar-refractivity contribution in [2.75, 3.05) is 6.61 Å². The number of carbonyl (C=O) groups is 1. The number of halogens is 3. The molecule has 1 atom stereocenters. The first-order valence-electron chi connectivity index (χ1n) is 8.54. The number of ether oxygens (including phenoxy) is 2. The fourth-order valence-electron chi connectivity index (χ4n) is 3.02. The van der Waals surface area contributed by atoms with Crippen LogP contribution in [0.2, 0.25) is 0 Å². The molecule has 3 rings (SSSR count). The van der Waals surface area contributed by atoms with E-state index in [4.69, 9.17) is 9.47 Å². The quantitative estimate of drug-likeness (QED) is 0.583. The fraction of sp³-hybridized carbons (Fsp3) is 0.350. The molecule has 0 aromatic heterocycles. The van der Waals surface area contributed by atoms with Crippen LogP contribution in [0.4, 0.5) is 13.2 Å². The van der Waals surface area contributed by atoms with Crippen molar-refractivity contribution >= 4 is 5.97 Å². The summed E-state index contributed by atoms with van der Waals surface area (Å²) in [6.07, 6.45) is 0.676. The van der Waals surface area contributed by atoms with E-state index in [1.807, 2.05) is 0 Å². The van der Waals surface area contributed by atoms with Gasteiger partial charge in [0.2, 0.25) is 5.82 Å². The number of hydrogen-bond acceptors (Lipinski definition) is 3. The van der Waals surface area contributed by atoms with Gasteiger partial charge in [-0.2, -0.15) is 4.39 Å². The summed E-state index contributed by atoms with van der Waals surface area (Å²) in [7, 11) is 0. The minimum Gasteiger partial charge on any atom is -0.491 e. The zero-order valence-electron chi connectivity index (χ0n) is 14.6. The molecule has 0 saturated carbocycles. The summed E-state index contributed by atoms with van der Waals surface area (Å²) in [5, 5.41) is 0. The summed E-state index contributed by atoms with van der Waals surface area (Å²) in [6, 6.07) is 6.11. The normalized spacial score (nSPS) is 16.2. The van der Waals surface area contributed by atoms with Gasteiger partial charge in [0.15, 0.2) is 23.1 Å². The topological polar surface area (TPSA) is 35.5 Å². The van der Waals surface area contributed by atoms with E-state index in [-0.39, 0.29) is 42.4 Å². The van der Waals surface area contributed by atoms with Crippen LogP contribution in [0.25, 0.3) is 0 Å². The van der Waals surface area contributed by atoms with Crippen LogP contribution >= 0.6 is 0 Å². The predicted octanol–water partition coefficient (Wildman–Crippen LogP) is 4.39. The molecule has 1 aliphatic heterocycles. The molecule has 0 saturated heterocycles. The third-order valence-corrected chi connectivity index (χ3v) is 4.48. The number of hydrogen-bond donors (Lipinski definition) is 0. The lowest BCUT2D eigenvalue weighted by atomic mass is 9.94. The van der Waals surface area contributed by atoms with Crippen LogP contribution in [0.3, 0.4) is 0 Å². The van der Waals surface area contributed by atoms with Crippen molar-refractivity contribution in [3.05, 3.63) is 58.4 Å². The van der Waals surface area contributed by atoms with Gasteiger partial charge in [0, 0.05) is 0 Å². The molecule has 138 valence electrons. The van der Waals surface area contributed by atoms with Crippen molar-refractivity contribution in [1.82, 2.24) is 0 Å². The van der Waals surface area contributed by atoms with Gasteiger partial charge >= 0.3 is 5.97 Å². The van der Waals surface area contributed by atoms with Crippen molar-refractivity contribution in [2.24, 2.45) is 5.92 Å². The largest absolute Gasteiger partial charge is 0.491 e. The molecule has 0 bridgehead atoms. The highest BCUT2D eigenvalue weighted by Gasteiger charge is 2.28. The zero-order chi connectivity index (χ0) is 18.8. The van der Waals surface area contributed by atoms with Crippen LogP contribution < -0.4 is 9.47 Å². The Bertz CT molecular complexity index is 849. The first-order chi connectivity index (χ1) is 12.4. The van der Waals surface area contributed by atoms with Crippen LogP contribution in [0.1, 0.15) is 30.5 Å². The number of aryl methyl sites for hydroxylation is 2. The van der Waals surface area contributed by atoms with Gasteiger partial charge in [0.1, 0.15) is 0 Å². The molecule has 0 aliphatic carbocycles. The lowest BCUT2D eigenvalue weighted by Gasteiger charge is -2.22.